The predicted molar refractivity (Wildman–Crippen MR) is 90.0 cm³/mol. The summed E-state index contributed by atoms with van der Waals surface area (Å²) in [5.74, 6) is 1.79. The van der Waals surface area contributed by atoms with E-state index in [4.69, 9.17) is 9.47 Å². The van der Waals surface area contributed by atoms with Crippen LogP contribution in [0.15, 0.2) is 18.3 Å². The fourth-order valence-electron chi connectivity index (χ4n) is 4.49. The Hall–Kier alpha value is -1.62. The smallest absolute Gasteiger partial charge is 0.255 e. The van der Waals surface area contributed by atoms with Crippen LogP contribution in [0.3, 0.4) is 0 Å². The first-order valence-electron chi connectivity index (χ1n) is 8.96. The first kappa shape index (κ1) is 15.9. The maximum atomic E-state index is 12.8. The lowest BCUT2D eigenvalue weighted by atomic mass is 9.56. The van der Waals surface area contributed by atoms with E-state index >= 15 is 0 Å². The number of nitrogens with zero attached hydrogens (tertiary/aromatic N) is 2. The van der Waals surface area contributed by atoms with Crippen molar-refractivity contribution >= 4 is 5.91 Å². The van der Waals surface area contributed by atoms with Crippen molar-refractivity contribution in [2.75, 3.05) is 20.3 Å². The predicted octanol–water partition coefficient (Wildman–Crippen LogP) is 2.76. The summed E-state index contributed by atoms with van der Waals surface area (Å²) in [5.41, 5.74) is 0.626. The normalized spacial score (nSPS) is 30.4. The first-order valence-corrected chi connectivity index (χ1v) is 8.96. The molecule has 4 rings (SSSR count). The molecule has 1 aliphatic heterocycles. The molecular formula is C19H26N2O3. The van der Waals surface area contributed by atoms with Gasteiger partial charge in [-0.15, -0.1) is 0 Å². The Balaban J connectivity index is 1.42. The van der Waals surface area contributed by atoms with Crippen LogP contribution in [-0.2, 0) is 4.74 Å². The highest BCUT2D eigenvalue weighted by Gasteiger charge is 2.61. The van der Waals surface area contributed by atoms with Crippen LogP contribution in [0.5, 0.6) is 5.88 Å². The molecule has 0 N–H and O–H groups in total. The highest BCUT2D eigenvalue weighted by atomic mass is 16.5. The van der Waals surface area contributed by atoms with Gasteiger partial charge < -0.3 is 14.4 Å². The van der Waals surface area contributed by atoms with Gasteiger partial charge in [0.05, 0.1) is 18.3 Å². The lowest BCUT2D eigenvalue weighted by Gasteiger charge is -2.57. The molecule has 1 aromatic rings. The molecule has 5 nitrogen and oxygen atoms in total. The van der Waals surface area contributed by atoms with Crippen molar-refractivity contribution in [3.05, 3.63) is 23.9 Å². The molecule has 3 aliphatic rings. The lowest BCUT2D eigenvalue weighted by Crippen LogP contribution is -2.66. The molecule has 2 aliphatic carbocycles. The van der Waals surface area contributed by atoms with Gasteiger partial charge in [0.1, 0.15) is 0 Å². The minimum atomic E-state index is 0.00627. The molecule has 3 fully saturated rings. The number of pyridine rings is 1. The van der Waals surface area contributed by atoms with Crippen molar-refractivity contribution in [1.82, 2.24) is 9.88 Å². The van der Waals surface area contributed by atoms with Gasteiger partial charge in [-0.1, -0.05) is 13.8 Å². The fourth-order valence-corrected chi connectivity index (χ4v) is 4.49. The molecule has 0 bridgehead atoms. The summed E-state index contributed by atoms with van der Waals surface area (Å²) in [6.07, 6.45) is 5.47. The van der Waals surface area contributed by atoms with Gasteiger partial charge in [0, 0.05) is 43.3 Å². The summed E-state index contributed by atoms with van der Waals surface area (Å²) in [7, 11) is 1.90. The number of hydrogen-bond donors (Lipinski definition) is 0. The zero-order chi connectivity index (χ0) is 16.9. The van der Waals surface area contributed by atoms with Crippen LogP contribution in [-0.4, -0.2) is 48.2 Å². The molecule has 2 heterocycles. The third-order valence-corrected chi connectivity index (χ3v) is 5.92. The average molecular weight is 330 g/mol. The monoisotopic (exact) mass is 330 g/mol. The van der Waals surface area contributed by atoms with Gasteiger partial charge in [-0.3, -0.25) is 4.79 Å². The van der Waals surface area contributed by atoms with Gasteiger partial charge in [-0.25, -0.2) is 4.98 Å². The van der Waals surface area contributed by atoms with Crippen LogP contribution in [0.4, 0.5) is 0 Å². The average Bonchev–Trinajstić information content (AvgIpc) is 3.30. The van der Waals surface area contributed by atoms with Crippen LogP contribution >= 0.6 is 0 Å². The van der Waals surface area contributed by atoms with E-state index in [-0.39, 0.29) is 23.5 Å². The van der Waals surface area contributed by atoms with Crippen molar-refractivity contribution in [2.45, 2.75) is 45.3 Å². The second-order valence-corrected chi connectivity index (χ2v) is 8.07. The topological polar surface area (TPSA) is 51.7 Å². The summed E-state index contributed by atoms with van der Waals surface area (Å²) in [6, 6.07) is 3.85. The summed E-state index contributed by atoms with van der Waals surface area (Å²) in [4.78, 5) is 19.0. The van der Waals surface area contributed by atoms with E-state index in [0.29, 0.717) is 23.3 Å². The van der Waals surface area contributed by atoms with Gasteiger partial charge in [0.25, 0.3) is 5.91 Å². The second kappa shape index (κ2) is 5.73. The molecule has 1 amide bonds. The van der Waals surface area contributed by atoms with Gasteiger partial charge in [0.15, 0.2) is 0 Å². The SMILES string of the molecule is CN(C(=O)c1ccc(OCC2CC2)nc1)[C@@H]1[C@@H]2CCO[C@@H]2C1(C)C. The maximum absolute atomic E-state index is 12.8. The number of amides is 1. The van der Waals surface area contributed by atoms with E-state index < -0.39 is 0 Å². The molecular weight excluding hydrogens is 304 g/mol. The minimum absolute atomic E-state index is 0.00627. The van der Waals surface area contributed by atoms with Crippen molar-refractivity contribution in [3.63, 3.8) is 0 Å². The molecule has 2 saturated carbocycles. The van der Waals surface area contributed by atoms with Crippen molar-refractivity contribution in [3.8, 4) is 5.88 Å². The zero-order valence-electron chi connectivity index (χ0n) is 14.7. The molecule has 24 heavy (non-hydrogen) atoms. The molecule has 0 spiro atoms. The van der Waals surface area contributed by atoms with Crippen LogP contribution in [0, 0.1) is 17.3 Å². The number of aromatic nitrogens is 1. The number of hydrogen-bond acceptors (Lipinski definition) is 4. The van der Waals surface area contributed by atoms with Crippen LogP contribution in [0.25, 0.3) is 0 Å². The van der Waals surface area contributed by atoms with Gasteiger partial charge in [0.2, 0.25) is 5.88 Å². The summed E-state index contributed by atoms with van der Waals surface area (Å²) in [6.45, 7) is 5.94. The third kappa shape index (κ3) is 2.59. The van der Waals surface area contributed by atoms with E-state index in [1.165, 1.54) is 12.8 Å². The van der Waals surface area contributed by atoms with Crippen LogP contribution < -0.4 is 4.74 Å². The van der Waals surface area contributed by atoms with E-state index in [9.17, 15) is 4.79 Å². The zero-order valence-corrected chi connectivity index (χ0v) is 14.7. The molecule has 3 atom stereocenters. The maximum Gasteiger partial charge on any atom is 0.255 e. The quantitative estimate of drug-likeness (QED) is 0.833. The van der Waals surface area contributed by atoms with E-state index in [0.717, 1.165) is 19.6 Å². The van der Waals surface area contributed by atoms with Gasteiger partial charge >= 0.3 is 0 Å². The Bertz CT molecular complexity index is 624. The van der Waals surface area contributed by atoms with Crippen molar-refractivity contribution in [1.29, 1.82) is 0 Å². The van der Waals surface area contributed by atoms with Gasteiger partial charge in [-0.05, 0) is 31.2 Å². The van der Waals surface area contributed by atoms with E-state index in [2.05, 4.69) is 18.8 Å². The van der Waals surface area contributed by atoms with Crippen LogP contribution in [0.1, 0.15) is 43.5 Å². The summed E-state index contributed by atoms with van der Waals surface area (Å²) < 4.78 is 11.5. The Morgan fingerprint density at radius 1 is 1.38 bits per heavy atom. The number of rotatable bonds is 5. The summed E-state index contributed by atoms with van der Waals surface area (Å²) in [5, 5.41) is 0. The molecule has 1 aromatic heterocycles. The largest absolute Gasteiger partial charge is 0.477 e. The molecule has 130 valence electrons. The van der Waals surface area contributed by atoms with Crippen molar-refractivity contribution < 1.29 is 14.3 Å². The number of fused-ring (bicyclic) bond motifs is 1. The standard InChI is InChI=1S/C19H26N2O3/c1-19(2)16(14-8-9-23-17(14)19)21(3)18(22)13-6-7-15(20-10-13)24-11-12-4-5-12/h6-7,10,12,14,16-17H,4-5,8-9,11H2,1-3H3/t14-,16+,17-/m0/s1. The molecule has 5 heteroatoms. The third-order valence-electron chi connectivity index (χ3n) is 5.92. The Morgan fingerprint density at radius 3 is 2.83 bits per heavy atom. The highest BCUT2D eigenvalue weighted by molar-refractivity contribution is 5.94. The number of ether oxygens (including phenoxy) is 2. The molecule has 0 radical (unpaired) electrons. The van der Waals surface area contributed by atoms with E-state index in [1.54, 1.807) is 12.3 Å². The lowest BCUT2D eigenvalue weighted by molar-refractivity contribution is -0.139. The molecule has 0 aromatic carbocycles. The van der Waals surface area contributed by atoms with Crippen molar-refractivity contribution in [2.24, 2.45) is 17.3 Å². The fraction of sp³-hybridized carbons (Fsp3) is 0.684. The number of carbonyl (C=O) groups is 1. The number of carbonyl (C=O) groups excluding carboxylic acids is 1. The summed E-state index contributed by atoms with van der Waals surface area (Å²) >= 11 is 0. The second-order valence-electron chi connectivity index (χ2n) is 8.07. The minimum Gasteiger partial charge on any atom is -0.477 e. The molecule has 0 unspecified atom stereocenters. The highest BCUT2D eigenvalue weighted by Crippen LogP contribution is 2.54. The van der Waals surface area contributed by atoms with Gasteiger partial charge in [-0.2, -0.15) is 0 Å². The van der Waals surface area contributed by atoms with Crippen LogP contribution in [0.2, 0.25) is 0 Å². The Labute approximate surface area is 143 Å². The first-order chi connectivity index (χ1) is 11.5. The molecule has 1 saturated heterocycles. The van der Waals surface area contributed by atoms with E-state index in [1.807, 2.05) is 18.0 Å². The Morgan fingerprint density at radius 2 is 2.17 bits per heavy atom. The Kier molecular flexibility index (Phi) is 3.79.